The van der Waals surface area contributed by atoms with Gasteiger partial charge in [-0.3, -0.25) is 0 Å². The fourth-order valence-electron chi connectivity index (χ4n) is 2.92. The smallest absolute Gasteiger partial charge is 0.329 e. The van der Waals surface area contributed by atoms with Crippen LogP contribution in [-0.2, 0) is 4.79 Å². The maximum atomic E-state index is 11.8. The number of amides is 2. The van der Waals surface area contributed by atoms with E-state index in [1.165, 1.54) is 0 Å². The van der Waals surface area contributed by atoms with Crippen LogP contribution >= 0.6 is 0 Å². The fourth-order valence-corrected chi connectivity index (χ4v) is 2.92. The molecule has 0 spiro atoms. The van der Waals surface area contributed by atoms with Crippen molar-refractivity contribution in [1.82, 2.24) is 15.5 Å². The van der Waals surface area contributed by atoms with Crippen molar-refractivity contribution in [1.29, 1.82) is 0 Å². The van der Waals surface area contributed by atoms with Crippen LogP contribution in [0.4, 0.5) is 4.79 Å². The van der Waals surface area contributed by atoms with Gasteiger partial charge in [0.05, 0.1) is 0 Å². The Morgan fingerprint density at radius 2 is 2.10 bits per heavy atom. The molecule has 6 heteroatoms. The first-order valence-corrected chi connectivity index (χ1v) is 7.46. The van der Waals surface area contributed by atoms with Gasteiger partial charge in [-0.25, -0.2) is 9.59 Å². The number of carboxylic acid groups (broad SMARTS) is 1. The third kappa shape index (κ3) is 3.23. The molecule has 6 nitrogen and oxygen atoms in total. The number of hydrogen-bond acceptors (Lipinski definition) is 3. The molecular weight excluding hydrogens is 258 g/mol. The lowest BCUT2D eigenvalue weighted by molar-refractivity contribution is -0.148. The standard InChI is InChI=1S/C14H25N3O3/c1-10(2)17-7-4-11(9-17)8-15-13(20)16-14(12(18)19)5-3-6-14/h10-11H,3-9H2,1-2H3,(H,18,19)(H2,15,16,20). The summed E-state index contributed by atoms with van der Waals surface area (Å²) >= 11 is 0. The second-order valence-corrected chi connectivity index (χ2v) is 6.32. The Bertz CT molecular complexity index is 380. The van der Waals surface area contributed by atoms with E-state index in [4.69, 9.17) is 5.11 Å². The number of carbonyl (C=O) groups is 2. The molecule has 1 atom stereocenters. The molecule has 0 aromatic heterocycles. The van der Waals surface area contributed by atoms with Crippen molar-refractivity contribution in [2.24, 2.45) is 5.92 Å². The molecule has 1 saturated carbocycles. The number of hydrogen-bond donors (Lipinski definition) is 3. The summed E-state index contributed by atoms with van der Waals surface area (Å²) in [5.41, 5.74) is -1.02. The minimum Gasteiger partial charge on any atom is -0.480 e. The molecule has 1 heterocycles. The molecule has 0 bridgehead atoms. The van der Waals surface area contributed by atoms with Gasteiger partial charge in [-0.1, -0.05) is 0 Å². The molecule has 2 rings (SSSR count). The van der Waals surface area contributed by atoms with Crippen LogP contribution in [0.3, 0.4) is 0 Å². The molecule has 114 valence electrons. The van der Waals surface area contributed by atoms with E-state index in [9.17, 15) is 9.59 Å². The molecule has 0 radical (unpaired) electrons. The SMILES string of the molecule is CC(C)N1CCC(CNC(=O)NC2(C(=O)O)CCC2)C1. The number of rotatable bonds is 5. The number of urea groups is 1. The Morgan fingerprint density at radius 1 is 1.40 bits per heavy atom. The fraction of sp³-hybridized carbons (Fsp3) is 0.857. The van der Waals surface area contributed by atoms with E-state index >= 15 is 0 Å². The van der Waals surface area contributed by atoms with Gasteiger partial charge in [0.15, 0.2) is 0 Å². The highest BCUT2D eigenvalue weighted by Gasteiger charge is 2.45. The van der Waals surface area contributed by atoms with Crippen molar-refractivity contribution in [3.8, 4) is 0 Å². The number of carboxylic acids is 1. The number of carbonyl (C=O) groups excluding carboxylic acids is 1. The van der Waals surface area contributed by atoms with Crippen molar-refractivity contribution in [2.45, 2.75) is 51.1 Å². The summed E-state index contributed by atoms with van der Waals surface area (Å²) in [6.07, 6.45) is 3.00. The molecule has 1 unspecified atom stereocenters. The van der Waals surface area contributed by atoms with E-state index < -0.39 is 11.5 Å². The summed E-state index contributed by atoms with van der Waals surface area (Å²) in [5.74, 6) is -0.462. The molecule has 3 N–H and O–H groups in total. The summed E-state index contributed by atoms with van der Waals surface area (Å²) in [5, 5.41) is 14.6. The van der Waals surface area contributed by atoms with E-state index in [-0.39, 0.29) is 6.03 Å². The van der Waals surface area contributed by atoms with Gasteiger partial charge in [0.2, 0.25) is 0 Å². The van der Waals surface area contributed by atoms with Crippen LogP contribution in [0.5, 0.6) is 0 Å². The molecule has 0 aromatic rings. The highest BCUT2D eigenvalue weighted by Crippen LogP contribution is 2.31. The lowest BCUT2D eigenvalue weighted by Crippen LogP contribution is -2.61. The number of nitrogens with one attached hydrogen (secondary N) is 2. The van der Waals surface area contributed by atoms with Crippen LogP contribution in [-0.4, -0.2) is 53.2 Å². The lowest BCUT2D eigenvalue weighted by Gasteiger charge is -2.38. The van der Waals surface area contributed by atoms with E-state index in [0.29, 0.717) is 31.3 Å². The maximum Gasteiger partial charge on any atom is 0.329 e. The lowest BCUT2D eigenvalue weighted by atomic mass is 9.77. The zero-order valence-corrected chi connectivity index (χ0v) is 12.3. The van der Waals surface area contributed by atoms with Gasteiger partial charge in [0, 0.05) is 19.1 Å². The highest BCUT2D eigenvalue weighted by molar-refractivity contribution is 5.87. The quantitative estimate of drug-likeness (QED) is 0.703. The second kappa shape index (κ2) is 5.99. The predicted molar refractivity (Wildman–Crippen MR) is 75.6 cm³/mol. The van der Waals surface area contributed by atoms with Gasteiger partial charge in [-0.15, -0.1) is 0 Å². The second-order valence-electron chi connectivity index (χ2n) is 6.32. The maximum absolute atomic E-state index is 11.8. The average Bonchev–Trinajstić information content (AvgIpc) is 2.79. The zero-order valence-electron chi connectivity index (χ0n) is 12.3. The average molecular weight is 283 g/mol. The van der Waals surface area contributed by atoms with Crippen molar-refractivity contribution in [3.05, 3.63) is 0 Å². The highest BCUT2D eigenvalue weighted by atomic mass is 16.4. The Labute approximate surface area is 119 Å². The molecular formula is C14H25N3O3. The molecule has 1 aliphatic heterocycles. The van der Waals surface area contributed by atoms with Gasteiger partial charge in [0.1, 0.15) is 5.54 Å². The van der Waals surface area contributed by atoms with Crippen LogP contribution in [0.15, 0.2) is 0 Å². The number of nitrogens with zero attached hydrogens (tertiary/aromatic N) is 1. The molecule has 0 aromatic carbocycles. The third-order valence-electron chi connectivity index (χ3n) is 4.57. The van der Waals surface area contributed by atoms with Crippen LogP contribution in [0.2, 0.25) is 0 Å². The van der Waals surface area contributed by atoms with Gasteiger partial charge >= 0.3 is 12.0 Å². The van der Waals surface area contributed by atoms with Gasteiger partial charge < -0.3 is 20.6 Å². The van der Waals surface area contributed by atoms with E-state index in [2.05, 4.69) is 29.4 Å². The Hall–Kier alpha value is -1.30. The van der Waals surface area contributed by atoms with Crippen LogP contribution in [0.25, 0.3) is 0 Å². The van der Waals surface area contributed by atoms with Crippen molar-refractivity contribution < 1.29 is 14.7 Å². The van der Waals surface area contributed by atoms with E-state index in [1.54, 1.807) is 0 Å². The zero-order chi connectivity index (χ0) is 14.8. The Balaban J connectivity index is 1.72. The first-order chi connectivity index (χ1) is 9.43. The van der Waals surface area contributed by atoms with Crippen molar-refractivity contribution in [2.75, 3.05) is 19.6 Å². The van der Waals surface area contributed by atoms with Crippen molar-refractivity contribution >= 4 is 12.0 Å². The largest absolute Gasteiger partial charge is 0.480 e. The summed E-state index contributed by atoms with van der Waals surface area (Å²) in [4.78, 5) is 25.4. The van der Waals surface area contributed by atoms with E-state index in [0.717, 1.165) is 25.9 Å². The van der Waals surface area contributed by atoms with Gasteiger partial charge in [-0.2, -0.15) is 0 Å². The van der Waals surface area contributed by atoms with Crippen molar-refractivity contribution in [3.63, 3.8) is 0 Å². The summed E-state index contributed by atoms with van der Waals surface area (Å²) in [6.45, 7) is 7.04. The first kappa shape index (κ1) is 15.1. The predicted octanol–water partition coefficient (Wildman–Crippen LogP) is 1.02. The Morgan fingerprint density at radius 3 is 2.55 bits per heavy atom. The molecule has 2 fully saturated rings. The normalized spacial score (nSPS) is 25.2. The molecule has 2 amide bonds. The molecule has 1 aliphatic carbocycles. The van der Waals surface area contributed by atoms with Crippen LogP contribution < -0.4 is 10.6 Å². The monoisotopic (exact) mass is 283 g/mol. The molecule has 1 saturated heterocycles. The van der Waals surface area contributed by atoms with Gasteiger partial charge in [-0.05, 0) is 52.0 Å². The van der Waals surface area contributed by atoms with E-state index in [1.807, 2.05) is 0 Å². The van der Waals surface area contributed by atoms with Crippen LogP contribution in [0, 0.1) is 5.92 Å². The Kier molecular flexibility index (Phi) is 4.52. The number of likely N-dealkylation sites (tertiary alicyclic amines) is 1. The molecule has 20 heavy (non-hydrogen) atoms. The summed E-state index contributed by atoms with van der Waals surface area (Å²) in [6, 6.07) is 0.189. The summed E-state index contributed by atoms with van der Waals surface area (Å²) in [7, 11) is 0. The van der Waals surface area contributed by atoms with Gasteiger partial charge in [0.25, 0.3) is 0 Å². The molecule has 2 aliphatic rings. The summed E-state index contributed by atoms with van der Waals surface area (Å²) < 4.78 is 0. The third-order valence-corrected chi connectivity index (χ3v) is 4.57. The number of aliphatic carboxylic acids is 1. The first-order valence-electron chi connectivity index (χ1n) is 7.46. The minimum absolute atomic E-state index is 0.352. The topological polar surface area (TPSA) is 81.7 Å². The van der Waals surface area contributed by atoms with Crippen LogP contribution in [0.1, 0.15) is 39.5 Å². The minimum atomic E-state index is -1.02.